The van der Waals surface area contributed by atoms with Gasteiger partial charge in [-0.05, 0) is 120 Å². The Morgan fingerprint density at radius 1 is 0.359 bits per heavy atom. The number of allylic oxidation sites excluding steroid dienone is 2. The maximum atomic E-state index is 9.75. The number of hydrogen-bond acceptors (Lipinski definition) is 8. The predicted octanol–water partition coefficient (Wildman–Crippen LogP) is 15.7. The van der Waals surface area contributed by atoms with Crippen LogP contribution in [0.15, 0.2) is 218 Å². The van der Waals surface area contributed by atoms with Gasteiger partial charge in [0.1, 0.15) is 22.2 Å². The molecule has 0 amide bonds. The molecule has 10 aromatic rings. The van der Waals surface area contributed by atoms with E-state index in [1.54, 1.807) is 22.7 Å². The summed E-state index contributed by atoms with van der Waals surface area (Å²) in [4.78, 5) is 13.7. The summed E-state index contributed by atoms with van der Waals surface area (Å²) in [7, 11) is 0. The summed E-state index contributed by atoms with van der Waals surface area (Å²) in [5.74, 6) is 0. The van der Waals surface area contributed by atoms with Crippen molar-refractivity contribution in [2.24, 2.45) is 0 Å². The minimum Gasteiger partial charge on any atom is -0.311 e. The van der Waals surface area contributed by atoms with E-state index in [2.05, 4.69) is 105 Å². The van der Waals surface area contributed by atoms with E-state index in [1.807, 2.05) is 158 Å². The standard InChI is InChI=1S/2C28H19N3S/c2*29-20-22(28-30-26-13-7-8-14-27(26)32-28)19-21-15-17-25(18-16-21)31(23-9-3-1-4-10-23)24-11-5-2-6-12-24/h2*1-19H/b2*22-19+. The lowest BCUT2D eigenvalue weighted by Gasteiger charge is -2.25. The van der Waals surface area contributed by atoms with Crippen molar-refractivity contribution in [3.63, 3.8) is 0 Å². The number of aromatic nitrogens is 2. The van der Waals surface area contributed by atoms with Crippen LogP contribution >= 0.6 is 22.7 Å². The molecule has 2 heterocycles. The van der Waals surface area contributed by atoms with E-state index in [0.717, 1.165) is 75.7 Å². The fraction of sp³-hybridized carbons (Fsp3) is 0. The van der Waals surface area contributed by atoms with Gasteiger partial charge >= 0.3 is 0 Å². The zero-order chi connectivity index (χ0) is 43.5. The molecule has 2 aromatic heterocycles. The number of benzene rings is 8. The molecular formula is C56H38N6S2. The van der Waals surface area contributed by atoms with Crippen LogP contribution in [0.1, 0.15) is 21.1 Å². The molecule has 0 saturated carbocycles. The predicted molar refractivity (Wildman–Crippen MR) is 268 cm³/mol. The van der Waals surface area contributed by atoms with E-state index in [1.165, 1.54) is 0 Å². The molecule has 0 saturated heterocycles. The Hall–Kier alpha value is -8.40. The molecule has 0 aliphatic rings. The number of hydrogen-bond donors (Lipinski definition) is 0. The minimum atomic E-state index is 0.571. The highest BCUT2D eigenvalue weighted by atomic mass is 32.1. The Labute approximate surface area is 380 Å². The Morgan fingerprint density at radius 3 is 0.938 bits per heavy atom. The highest BCUT2D eigenvalue weighted by Crippen LogP contribution is 2.37. The molecule has 0 spiro atoms. The first-order chi connectivity index (χ1) is 31.6. The summed E-state index contributed by atoms with van der Waals surface area (Å²) in [5, 5.41) is 21.0. The van der Waals surface area contributed by atoms with Crippen LogP contribution in [-0.4, -0.2) is 9.97 Å². The lowest BCUT2D eigenvalue weighted by molar-refractivity contribution is 1.28. The summed E-state index contributed by atoms with van der Waals surface area (Å²) in [6.07, 6.45) is 3.80. The maximum Gasteiger partial charge on any atom is 0.135 e. The van der Waals surface area contributed by atoms with Crippen LogP contribution in [0.3, 0.4) is 0 Å². The van der Waals surface area contributed by atoms with Crippen LogP contribution < -0.4 is 9.80 Å². The summed E-state index contributed by atoms with van der Waals surface area (Å²) < 4.78 is 2.17. The molecule has 10 rings (SSSR count). The molecule has 304 valence electrons. The van der Waals surface area contributed by atoms with Crippen LogP contribution in [0.5, 0.6) is 0 Å². The van der Waals surface area contributed by atoms with Crippen LogP contribution in [-0.2, 0) is 0 Å². The van der Waals surface area contributed by atoms with E-state index in [9.17, 15) is 10.5 Å². The van der Waals surface area contributed by atoms with Gasteiger partial charge in [0.15, 0.2) is 0 Å². The Bertz CT molecular complexity index is 2910. The monoisotopic (exact) mass is 858 g/mol. The average Bonchev–Trinajstić information content (AvgIpc) is 4.00. The molecule has 64 heavy (non-hydrogen) atoms. The fourth-order valence-corrected chi connectivity index (χ4v) is 9.10. The van der Waals surface area contributed by atoms with Crippen molar-refractivity contribution in [1.82, 2.24) is 9.97 Å². The summed E-state index contributed by atoms with van der Waals surface area (Å²) in [6, 6.07) is 78.2. The zero-order valence-electron chi connectivity index (χ0n) is 34.4. The van der Waals surface area contributed by atoms with Gasteiger partial charge in [-0.1, -0.05) is 121 Å². The topological polar surface area (TPSA) is 79.8 Å². The molecule has 0 bridgehead atoms. The first kappa shape index (κ1) is 41.0. The fourth-order valence-electron chi connectivity index (χ4n) is 7.23. The van der Waals surface area contributed by atoms with Gasteiger partial charge in [0, 0.05) is 34.1 Å². The largest absolute Gasteiger partial charge is 0.311 e. The molecule has 0 aliphatic carbocycles. The third kappa shape index (κ3) is 9.40. The van der Waals surface area contributed by atoms with Crippen molar-refractivity contribution in [3.8, 4) is 12.1 Å². The summed E-state index contributed by atoms with van der Waals surface area (Å²) >= 11 is 3.08. The average molecular weight is 859 g/mol. The molecule has 8 heteroatoms. The second-order valence-corrected chi connectivity index (χ2v) is 16.6. The number of nitrogens with zero attached hydrogens (tertiary/aromatic N) is 6. The van der Waals surface area contributed by atoms with Crippen molar-refractivity contribution >= 4 is 101 Å². The normalized spacial score (nSPS) is 11.3. The van der Waals surface area contributed by atoms with Crippen LogP contribution in [0, 0.1) is 22.7 Å². The van der Waals surface area contributed by atoms with E-state index in [-0.39, 0.29) is 0 Å². The van der Waals surface area contributed by atoms with Crippen molar-refractivity contribution in [2.75, 3.05) is 9.80 Å². The molecule has 0 fully saturated rings. The first-order valence-electron chi connectivity index (χ1n) is 20.6. The number of anilines is 6. The van der Waals surface area contributed by atoms with Gasteiger partial charge in [-0.3, -0.25) is 0 Å². The highest BCUT2D eigenvalue weighted by Gasteiger charge is 2.15. The SMILES string of the molecule is N#C/C(=C\c1ccc(N(c2ccccc2)c2ccccc2)cc1)c1nc2ccccc2s1.N#C/C(=C\c1ccc(N(c2ccccc2)c2ccccc2)cc1)c1nc2ccccc2s1. The zero-order valence-corrected chi connectivity index (χ0v) is 36.1. The molecule has 8 aromatic carbocycles. The number of thiazole rings is 2. The number of rotatable bonds is 10. The van der Waals surface area contributed by atoms with E-state index in [0.29, 0.717) is 11.1 Å². The van der Waals surface area contributed by atoms with Crippen molar-refractivity contribution < 1.29 is 0 Å². The Kier molecular flexibility index (Phi) is 12.5. The van der Waals surface area contributed by atoms with Crippen molar-refractivity contribution in [1.29, 1.82) is 10.5 Å². The minimum absolute atomic E-state index is 0.571. The maximum absolute atomic E-state index is 9.75. The van der Waals surface area contributed by atoms with Gasteiger partial charge in [0.05, 0.1) is 31.6 Å². The van der Waals surface area contributed by atoms with Crippen LogP contribution in [0.25, 0.3) is 43.7 Å². The number of para-hydroxylation sites is 6. The quantitative estimate of drug-likeness (QED) is 0.127. The van der Waals surface area contributed by atoms with Gasteiger partial charge in [0.2, 0.25) is 0 Å². The molecule has 0 aliphatic heterocycles. The molecular weight excluding hydrogens is 821 g/mol. The Balaban J connectivity index is 0.000000162. The lowest BCUT2D eigenvalue weighted by atomic mass is 10.1. The van der Waals surface area contributed by atoms with E-state index in [4.69, 9.17) is 0 Å². The van der Waals surface area contributed by atoms with Gasteiger partial charge in [-0.2, -0.15) is 10.5 Å². The summed E-state index contributed by atoms with van der Waals surface area (Å²) in [6.45, 7) is 0. The number of fused-ring (bicyclic) bond motifs is 2. The third-order valence-electron chi connectivity index (χ3n) is 10.3. The molecule has 0 N–H and O–H groups in total. The lowest BCUT2D eigenvalue weighted by Crippen LogP contribution is -2.09. The van der Waals surface area contributed by atoms with Gasteiger partial charge < -0.3 is 9.80 Å². The molecule has 6 nitrogen and oxygen atoms in total. The first-order valence-corrected chi connectivity index (χ1v) is 22.2. The van der Waals surface area contributed by atoms with E-state index < -0.39 is 0 Å². The second-order valence-electron chi connectivity index (χ2n) is 14.5. The second kappa shape index (κ2) is 19.5. The van der Waals surface area contributed by atoms with Gasteiger partial charge in [0.25, 0.3) is 0 Å². The summed E-state index contributed by atoms with van der Waals surface area (Å²) in [5.41, 5.74) is 11.4. The van der Waals surface area contributed by atoms with Gasteiger partial charge in [-0.25, -0.2) is 9.97 Å². The smallest absolute Gasteiger partial charge is 0.135 e. The third-order valence-corrected chi connectivity index (χ3v) is 12.4. The number of nitriles is 2. The van der Waals surface area contributed by atoms with Crippen LogP contribution in [0.4, 0.5) is 34.1 Å². The Morgan fingerprint density at radius 2 is 0.641 bits per heavy atom. The molecule has 0 atom stereocenters. The van der Waals surface area contributed by atoms with E-state index >= 15 is 0 Å². The van der Waals surface area contributed by atoms with Gasteiger partial charge in [-0.15, -0.1) is 22.7 Å². The van der Waals surface area contributed by atoms with Crippen molar-refractivity contribution in [2.45, 2.75) is 0 Å². The van der Waals surface area contributed by atoms with Crippen molar-refractivity contribution in [3.05, 3.63) is 240 Å². The molecule has 0 radical (unpaired) electrons. The highest BCUT2D eigenvalue weighted by molar-refractivity contribution is 7.20. The molecule has 0 unspecified atom stereocenters. The van der Waals surface area contributed by atoms with Crippen LogP contribution in [0.2, 0.25) is 0 Å².